The summed E-state index contributed by atoms with van der Waals surface area (Å²) < 4.78 is 74.8. The molecule has 4 aromatic rings. The molecule has 3 atom stereocenters. The van der Waals surface area contributed by atoms with E-state index in [4.69, 9.17) is 4.74 Å². The zero-order valence-electron chi connectivity index (χ0n) is 28.8. The van der Waals surface area contributed by atoms with Gasteiger partial charge in [0.25, 0.3) is 17.7 Å². The lowest BCUT2D eigenvalue weighted by molar-refractivity contribution is -0.141. The van der Waals surface area contributed by atoms with Gasteiger partial charge in [-0.05, 0) is 36.2 Å². The van der Waals surface area contributed by atoms with Crippen molar-refractivity contribution in [3.63, 3.8) is 0 Å². The number of likely N-dealkylation sites (tertiary alicyclic amines) is 1. The minimum Gasteiger partial charge on any atom is -0.384 e. The first-order valence-electron chi connectivity index (χ1n) is 16.9. The van der Waals surface area contributed by atoms with E-state index in [1.54, 1.807) is 42.1 Å². The average Bonchev–Trinajstić information content (AvgIpc) is 3.73. The van der Waals surface area contributed by atoms with Crippen LogP contribution in [0.15, 0.2) is 73.1 Å². The number of hydrogen-bond acceptors (Lipinski definition) is 8. The van der Waals surface area contributed by atoms with Gasteiger partial charge in [0.1, 0.15) is 17.6 Å². The lowest BCUT2D eigenvalue weighted by Gasteiger charge is -2.38. The van der Waals surface area contributed by atoms with Crippen LogP contribution >= 0.6 is 0 Å². The maximum Gasteiger partial charge on any atom is 0.433 e. The smallest absolute Gasteiger partial charge is 0.384 e. The molecule has 3 amide bonds. The van der Waals surface area contributed by atoms with Crippen molar-refractivity contribution in [1.29, 1.82) is 0 Å². The molecule has 0 spiro atoms. The lowest BCUT2D eigenvalue weighted by Crippen LogP contribution is -2.55. The number of halogens is 5. The van der Waals surface area contributed by atoms with E-state index >= 15 is 0 Å². The van der Waals surface area contributed by atoms with Gasteiger partial charge in [-0.1, -0.05) is 42.5 Å². The maximum absolute atomic E-state index is 14.3. The number of ether oxygens (including phenoxy) is 1. The van der Waals surface area contributed by atoms with Crippen molar-refractivity contribution in [3.05, 3.63) is 101 Å². The number of methoxy groups -OCH3 is 1. The quantitative estimate of drug-likeness (QED) is 0.207. The molecule has 1 saturated heterocycles. The molecule has 4 heterocycles. The largest absolute Gasteiger partial charge is 0.433 e. The summed E-state index contributed by atoms with van der Waals surface area (Å²) in [6, 6.07) is 15.3. The van der Waals surface area contributed by atoms with E-state index in [1.807, 2.05) is 30.3 Å². The highest BCUT2D eigenvalue weighted by Crippen LogP contribution is 2.41. The molecule has 2 aromatic carbocycles. The third kappa shape index (κ3) is 8.20. The molecule has 12 nitrogen and oxygen atoms in total. The Labute approximate surface area is 301 Å². The van der Waals surface area contributed by atoms with Gasteiger partial charge in [0.15, 0.2) is 0 Å². The van der Waals surface area contributed by atoms with Crippen LogP contribution in [0, 0.1) is 5.92 Å². The zero-order chi connectivity index (χ0) is 37.9. The number of benzene rings is 2. The van der Waals surface area contributed by atoms with Gasteiger partial charge in [-0.3, -0.25) is 24.2 Å². The van der Waals surface area contributed by atoms with Gasteiger partial charge >= 0.3 is 6.18 Å². The number of fused-ring (bicyclic) bond motifs is 1. The zero-order valence-corrected chi connectivity index (χ0v) is 28.8. The molecule has 1 fully saturated rings. The van der Waals surface area contributed by atoms with Gasteiger partial charge in [0.05, 0.1) is 31.0 Å². The molecule has 0 bridgehead atoms. The fourth-order valence-electron chi connectivity index (χ4n) is 6.77. The lowest BCUT2D eigenvalue weighted by atomic mass is 9.82. The Morgan fingerprint density at radius 3 is 2.55 bits per heavy atom. The molecule has 1 unspecified atom stereocenters. The molecule has 2 aliphatic rings. The molecule has 6 rings (SSSR count). The topological polar surface area (TPSA) is 135 Å². The molecule has 0 radical (unpaired) electrons. The summed E-state index contributed by atoms with van der Waals surface area (Å²) in [4.78, 5) is 51.2. The Hall–Kier alpha value is -5.29. The highest BCUT2D eigenvalue weighted by atomic mass is 19.4. The van der Waals surface area contributed by atoms with Crippen LogP contribution in [-0.2, 0) is 27.0 Å². The number of likely N-dealkylation sites (N-methyl/N-ethyl adjacent to an activating group) is 1. The third-order valence-electron chi connectivity index (χ3n) is 9.22. The summed E-state index contributed by atoms with van der Waals surface area (Å²) in [7, 11) is 1.43. The van der Waals surface area contributed by atoms with Crippen LogP contribution in [0.25, 0.3) is 5.69 Å². The van der Waals surface area contributed by atoms with Gasteiger partial charge in [-0.2, -0.15) is 18.3 Å². The number of carbonyl (C=O) groups excluding carboxylic acids is 3. The summed E-state index contributed by atoms with van der Waals surface area (Å²) in [5.41, 5.74) is 1.06. The van der Waals surface area contributed by atoms with Gasteiger partial charge < -0.3 is 15.4 Å². The van der Waals surface area contributed by atoms with Gasteiger partial charge in [-0.15, -0.1) is 0 Å². The first kappa shape index (κ1) is 37.5. The predicted octanol–water partition coefficient (Wildman–Crippen LogP) is 4.20. The highest BCUT2D eigenvalue weighted by Gasteiger charge is 2.45. The Morgan fingerprint density at radius 2 is 1.87 bits per heavy atom. The first-order valence-corrected chi connectivity index (χ1v) is 16.9. The van der Waals surface area contributed by atoms with Crippen molar-refractivity contribution < 1.29 is 41.1 Å². The van der Waals surface area contributed by atoms with E-state index < -0.39 is 65.8 Å². The molecular weight excluding hydrogens is 703 g/mol. The van der Waals surface area contributed by atoms with Crippen molar-refractivity contribution >= 4 is 23.5 Å². The number of anilines is 1. The summed E-state index contributed by atoms with van der Waals surface area (Å²) in [5, 5.41) is 10.1. The predicted molar refractivity (Wildman–Crippen MR) is 181 cm³/mol. The number of hydrogen-bond donors (Lipinski definition) is 2. The summed E-state index contributed by atoms with van der Waals surface area (Å²) >= 11 is 0. The van der Waals surface area contributed by atoms with Crippen LogP contribution in [0.4, 0.5) is 27.8 Å². The fourth-order valence-corrected chi connectivity index (χ4v) is 6.77. The van der Waals surface area contributed by atoms with Crippen molar-refractivity contribution in [1.82, 2.24) is 35.3 Å². The number of amides is 3. The highest BCUT2D eigenvalue weighted by molar-refractivity contribution is 6.04. The number of nitrogens with one attached hydrogen (secondary N) is 2. The molecule has 53 heavy (non-hydrogen) atoms. The summed E-state index contributed by atoms with van der Waals surface area (Å²) in [6.45, 7) is 1.81. The molecule has 0 saturated carbocycles. The standard InChI is InChI=1S/C36H37F5N8O4/c1-3-48-33-26(18-44-49(33)25-10-5-4-6-11-25)28(29(34(48)52)46-32(51)30-42-14-12-27(45-30)36(39,40)41)23-9-7-8-22(16-23)17-43-31(50)24(20-53-2)19-47-15-13-35(37,38)21-47/h4-12,14,16,18,24,28-29H,3,13,15,17,19-21H2,1-2H3,(H,43,50)(H,46,51)/t24?,28-,29+/m1/s1. The number of nitrogens with zero attached hydrogens (tertiary/aromatic N) is 6. The molecule has 17 heteroatoms. The summed E-state index contributed by atoms with van der Waals surface area (Å²) in [5.74, 6) is -6.75. The van der Waals surface area contributed by atoms with Gasteiger partial charge in [0, 0.05) is 57.4 Å². The maximum atomic E-state index is 14.3. The van der Waals surface area contributed by atoms with Crippen LogP contribution < -0.4 is 15.5 Å². The summed E-state index contributed by atoms with van der Waals surface area (Å²) in [6.07, 6.45) is -2.71. The second kappa shape index (κ2) is 15.4. The second-order valence-corrected chi connectivity index (χ2v) is 12.9. The van der Waals surface area contributed by atoms with Crippen LogP contribution in [0.2, 0.25) is 0 Å². The Kier molecular flexibility index (Phi) is 10.9. The SMILES string of the molecule is CCN1C(=O)[C@@H](NC(=O)c2nccc(C(F)(F)F)n2)[C@H](c2cccc(CNC(=O)C(COC)CN3CCC(F)(F)C3)c2)c2cnn(-c3ccccc3)c21. The van der Waals surface area contributed by atoms with Gasteiger partial charge in [-0.25, -0.2) is 23.4 Å². The number of rotatable bonds is 12. The molecular formula is C36H37F5N8O4. The Balaban J connectivity index is 1.32. The van der Waals surface area contributed by atoms with Crippen molar-refractivity contribution in [3.8, 4) is 5.69 Å². The number of aromatic nitrogens is 4. The third-order valence-corrected chi connectivity index (χ3v) is 9.22. The van der Waals surface area contributed by atoms with Crippen LogP contribution in [0.3, 0.4) is 0 Å². The molecule has 280 valence electrons. The first-order chi connectivity index (χ1) is 25.3. The van der Waals surface area contributed by atoms with Gasteiger partial charge in [0.2, 0.25) is 11.7 Å². The van der Waals surface area contributed by atoms with Crippen LogP contribution in [0.5, 0.6) is 0 Å². The van der Waals surface area contributed by atoms with E-state index in [9.17, 15) is 36.3 Å². The van der Waals surface area contributed by atoms with Crippen molar-refractivity contribution in [2.24, 2.45) is 5.92 Å². The molecule has 2 aliphatic heterocycles. The second-order valence-electron chi connectivity index (χ2n) is 12.9. The van der Waals surface area contributed by atoms with E-state index in [0.29, 0.717) is 34.3 Å². The van der Waals surface area contributed by atoms with E-state index in [0.717, 1.165) is 6.20 Å². The van der Waals surface area contributed by atoms with Crippen LogP contribution in [-0.4, -0.2) is 94.2 Å². The van der Waals surface area contributed by atoms with Crippen molar-refractivity contribution in [2.75, 3.05) is 44.8 Å². The fraction of sp³-hybridized carbons (Fsp3) is 0.389. The molecule has 0 aliphatic carbocycles. The minimum absolute atomic E-state index is 0.0250. The van der Waals surface area contributed by atoms with Crippen molar-refractivity contribution in [2.45, 2.75) is 43.9 Å². The number of carbonyl (C=O) groups is 3. The normalized spacial score (nSPS) is 19.2. The van der Waals surface area contributed by atoms with E-state index in [2.05, 4.69) is 25.7 Å². The molecule has 2 N–H and O–H groups in total. The Morgan fingerprint density at radius 1 is 1.09 bits per heavy atom. The Bertz CT molecular complexity index is 1960. The van der Waals surface area contributed by atoms with E-state index in [-0.39, 0.29) is 39.2 Å². The number of alkyl halides is 5. The molecule has 2 aromatic heterocycles. The average molecular weight is 741 g/mol. The minimum atomic E-state index is -4.83. The monoisotopic (exact) mass is 740 g/mol. The van der Waals surface area contributed by atoms with Crippen LogP contribution in [0.1, 0.15) is 52.3 Å². The number of para-hydroxylation sites is 1. The van der Waals surface area contributed by atoms with E-state index in [1.165, 1.54) is 16.9 Å².